The number of furan rings is 1. The fourth-order valence-electron chi connectivity index (χ4n) is 3.08. The van der Waals surface area contributed by atoms with E-state index in [1.807, 2.05) is 27.7 Å². The zero-order valence-corrected chi connectivity index (χ0v) is 18.6. The Labute approximate surface area is 178 Å². The summed E-state index contributed by atoms with van der Waals surface area (Å²) in [5, 5.41) is 4.34. The van der Waals surface area contributed by atoms with Crippen LogP contribution in [0.4, 0.5) is 0 Å². The molecule has 1 aliphatic rings. The molecule has 0 fully saturated rings. The van der Waals surface area contributed by atoms with Crippen LogP contribution in [-0.4, -0.2) is 23.1 Å². The average Bonchev–Trinajstić information content (AvgIpc) is 3.01. The Morgan fingerprint density at radius 1 is 1.10 bits per heavy atom. The molecule has 1 aromatic heterocycles. The fourth-order valence-corrected chi connectivity index (χ4v) is 3.35. The molecular weight excluding hydrogens is 436 g/mol. The molecule has 0 saturated carbocycles. The maximum absolute atomic E-state index is 12.5. The topological polar surface area (TPSA) is 95.7 Å². The van der Waals surface area contributed by atoms with E-state index in [2.05, 4.69) is 37.3 Å². The number of amides is 2. The number of carbonyl (C=O) groups excluding carboxylic acids is 2. The van der Waals surface area contributed by atoms with Gasteiger partial charge in [0.15, 0.2) is 5.76 Å². The van der Waals surface area contributed by atoms with Crippen LogP contribution in [0.25, 0.3) is 0 Å². The molecule has 29 heavy (non-hydrogen) atoms. The van der Waals surface area contributed by atoms with E-state index in [4.69, 9.17) is 4.42 Å². The summed E-state index contributed by atoms with van der Waals surface area (Å²) in [5.41, 5.74) is 10.8. The third-order valence-corrected chi connectivity index (χ3v) is 5.01. The van der Waals surface area contributed by atoms with E-state index in [0.717, 1.165) is 39.9 Å². The van der Waals surface area contributed by atoms with Crippen molar-refractivity contribution in [3.63, 3.8) is 0 Å². The Morgan fingerprint density at radius 2 is 1.79 bits per heavy atom. The fraction of sp³-hybridized carbons (Fsp3) is 0.381. The number of nitrogens with zero attached hydrogens (tertiary/aromatic N) is 1. The third-order valence-electron chi connectivity index (χ3n) is 4.48. The molecule has 0 bridgehead atoms. The molecule has 0 aliphatic heterocycles. The number of hydrazone groups is 1. The van der Waals surface area contributed by atoms with Crippen LogP contribution in [0.15, 0.2) is 38.3 Å². The molecule has 0 spiro atoms. The van der Waals surface area contributed by atoms with Gasteiger partial charge in [-0.05, 0) is 64.8 Å². The molecule has 1 heterocycles. The molecule has 0 saturated heterocycles. The largest absolute Gasteiger partial charge is 0.455 e. The van der Waals surface area contributed by atoms with Gasteiger partial charge < -0.3 is 4.42 Å². The van der Waals surface area contributed by atoms with Crippen LogP contribution < -0.4 is 16.3 Å². The summed E-state index contributed by atoms with van der Waals surface area (Å²) >= 11 is 3.35. The Bertz CT molecular complexity index is 956. The van der Waals surface area contributed by atoms with Crippen molar-refractivity contribution in [2.24, 2.45) is 5.10 Å². The predicted octanol–water partition coefficient (Wildman–Crippen LogP) is 3.85. The van der Waals surface area contributed by atoms with E-state index >= 15 is 0 Å². The Balaban J connectivity index is 1.80. The van der Waals surface area contributed by atoms with Crippen molar-refractivity contribution in [3.8, 4) is 0 Å². The highest BCUT2D eigenvalue weighted by atomic mass is 79.9. The van der Waals surface area contributed by atoms with Gasteiger partial charge in [-0.3, -0.25) is 15.0 Å². The van der Waals surface area contributed by atoms with Gasteiger partial charge in [0.1, 0.15) is 5.76 Å². The summed E-state index contributed by atoms with van der Waals surface area (Å²) in [4.78, 5) is 24.9. The lowest BCUT2D eigenvalue weighted by Gasteiger charge is -2.20. The second kappa shape index (κ2) is 8.51. The molecule has 0 unspecified atom stereocenters. The first-order chi connectivity index (χ1) is 13.7. The van der Waals surface area contributed by atoms with Crippen molar-refractivity contribution < 1.29 is 14.0 Å². The molecule has 3 rings (SSSR count). The number of carbonyl (C=O) groups is 2. The Kier molecular flexibility index (Phi) is 6.24. The number of benzene rings is 1. The van der Waals surface area contributed by atoms with E-state index in [0.29, 0.717) is 12.0 Å². The number of hydrogen-bond acceptors (Lipinski definition) is 5. The molecule has 0 radical (unpaired) electrons. The van der Waals surface area contributed by atoms with Crippen LogP contribution in [-0.2, 0) is 6.42 Å². The standard InChI is InChI=1S/C21H25BrN4O3/c1-12-17-15(23-24-19(27)13-8-10-14(22)11-9-13)6-5-7-16(17)29-18(12)20(28)25-26-21(2,3)4/h8-11,26H,5-7H2,1-4H3,(H,24,27)(H,25,28)/b23-15+. The minimum absolute atomic E-state index is 0.264. The first-order valence-electron chi connectivity index (χ1n) is 9.48. The van der Waals surface area contributed by atoms with Crippen LogP contribution in [0.1, 0.15) is 71.4 Å². The number of hydrazine groups is 1. The van der Waals surface area contributed by atoms with Gasteiger partial charge in [-0.2, -0.15) is 5.10 Å². The van der Waals surface area contributed by atoms with Crippen molar-refractivity contribution in [2.75, 3.05) is 0 Å². The van der Waals surface area contributed by atoms with Gasteiger partial charge in [0.2, 0.25) is 0 Å². The van der Waals surface area contributed by atoms with E-state index < -0.39 is 0 Å². The minimum Gasteiger partial charge on any atom is -0.455 e. The van der Waals surface area contributed by atoms with Crippen LogP contribution in [0.5, 0.6) is 0 Å². The molecule has 2 amide bonds. The molecule has 7 nitrogen and oxygen atoms in total. The van der Waals surface area contributed by atoms with Crippen LogP contribution in [0, 0.1) is 6.92 Å². The molecule has 0 atom stereocenters. The van der Waals surface area contributed by atoms with Crippen LogP contribution in [0.3, 0.4) is 0 Å². The van der Waals surface area contributed by atoms with E-state index in [-0.39, 0.29) is 23.1 Å². The second-order valence-electron chi connectivity index (χ2n) is 8.04. The average molecular weight is 461 g/mol. The Hall–Kier alpha value is -2.45. The quantitative estimate of drug-likeness (QED) is 0.603. The SMILES string of the molecule is Cc1c(C(=O)NNC(C)(C)C)oc2c1/C(=N/NC(=O)c1ccc(Br)cc1)CCC2. The number of hydrogen-bond donors (Lipinski definition) is 3. The van der Waals surface area contributed by atoms with Gasteiger partial charge in [-0.15, -0.1) is 0 Å². The first kappa shape index (κ1) is 21.3. The molecule has 1 aliphatic carbocycles. The summed E-state index contributed by atoms with van der Waals surface area (Å²) in [7, 11) is 0. The van der Waals surface area contributed by atoms with E-state index in [1.165, 1.54) is 0 Å². The van der Waals surface area contributed by atoms with Crippen LogP contribution >= 0.6 is 15.9 Å². The zero-order valence-electron chi connectivity index (χ0n) is 17.0. The Morgan fingerprint density at radius 3 is 2.45 bits per heavy atom. The molecule has 8 heteroatoms. The van der Waals surface area contributed by atoms with Gasteiger partial charge in [0, 0.05) is 33.1 Å². The molecule has 154 valence electrons. The number of nitrogens with one attached hydrogen (secondary N) is 3. The van der Waals surface area contributed by atoms with E-state index in [9.17, 15) is 9.59 Å². The van der Waals surface area contributed by atoms with Gasteiger partial charge in [-0.25, -0.2) is 10.9 Å². The van der Waals surface area contributed by atoms with Crippen LogP contribution in [0.2, 0.25) is 0 Å². The monoisotopic (exact) mass is 460 g/mol. The van der Waals surface area contributed by atoms with Crippen molar-refractivity contribution in [1.29, 1.82) is 0 Å². The smallest absolute Gasteiger partial charge is 0.301 e. The number of aryl methyl sites for hydroxylation is 1. The number of rotatable bonds is 4. The summed E-state index contributed by atoms with van der Waals surface area (Å²) in [6.07, 6.45) is 2.28. The molecule has 3 N–H and O–H groups in total. The van der Waals surface area contributed by atoms with Crippen molar-refractivity contribution in [3.05, 3.63) is 56.9 Å². The van der Waals surface area contributed by atoms with Gasteiger partial charge in [0.25, 0.3) is 5.91 Å². The summed E-state index contributed by atoms with van der Waals surface area (Å²) < 4.78 is 6.75. The molecule has 1 aromatic carbocycles. The lowest BCUT2D eigenvalue weighted by atomic mass is 9.93. The van der Waals surface area contributed by atoms with Gasteiger partial charge >= 0.3 is 5.91 Å². The van der Waals surface area contributed by atoms with Crippen molar-refractivity contribution >= 4 is 33.5 Å². The summed E-state index contributed by atoms with van der Waals surface area (Å²) in [6.45, 7) is 7.69. The second-order valence-corrected chi connectivity index (χ2v) is 8.96. The number of halogens is 1. The van der Waals surface area contributed by atoms with Gasteiger partial charge in [0.05, 0.1) is 5.71 Å². The third kappa shape index (κ3) is 5.13. The highest BCUT2D eigenvalue weighted by Gasteiger charge is 2.28. The normalized spacial score (nSPS) is 15.1. The minimum atomic E-state index is -0.329. The van der Waals surface area contributed by atoms with Gasteiger partial charge in [-0.1, -0.05) is 15.9 Å². The maximum Gasteiger partial charge on any atom is 0.301 e. The van der Waals surface area contributed by atoms with E-state index in [1.54, 1.807) is 24.3 Å². The zero-order chi connectivity index (χ0) is 21.2. The lowest BCUT2D eigenvalue weighted by Crippen LogP contribution is -2.48. The van der Waals surface area contributed by atoms with Crippen molar-refractivity contribution in [1.82, 2.24) is 16.3 Å². The number of fused-ring (bicyclic) bond motifs is 1. The lowest BCUT2D eigenvalue weighted by molar-refractivity contribution is 0.0882. The highest BCUT2D eigenvalue weighted by Crippen LogP contribution is 2.29. The predicted molar refractivity (Wildman–Crippen MR) is 115 cm³/mol. The first-order valence-corrected chi connectivity index (χ1v) is 10.3. The summed E-state index contributed by atoms with van der Waals surface area (Å²) in [5.74, 6) is 0.377. The maximum atomic E-state index is 12.5. The molecular formula is C21H25BrN4O3. The molecule has 2 aromatic rings. The van der Waals surface area contributed by atoms with Crippen molar-refractivity contribution in [2.45, 2.75) is 52.5 Å². The summed E-state index contributed by atoms with van der Waals surface area (Å²) in [6, 6.07) is 7.05. The highest BCUT2D eigenvalue weighted by molar-refractivity contribution is 9.10.